The van der Waals surface area contributed by atoms with Crippen LogP contribution in [0.2, 0.25) is 0 Å². The number of nitrogens with one attached hydrogen (secondary N) is 4. The highest BCUT2D eigenvalue weighted by molar-refractivity contribution is 6.67. The van der Waals surface area contributed by atoms with Crippen molar-refractivity contribution in [2.24, 2.45) is 0 Å². The number of hydrogen-bond donors (Lipinski definition) is 5. The highest BCUT2D eigenvalue weighted by Gasteiger charge is 2.33. The maximum atomic E-state index is 12.3. The van der Waals surface area contributed by atoms with Crippen LogP contribution in [-0.2, 0) is 14.2 Å². The molecule has 3 aliphatic rings. The molecule has 3 fully saturated rings. The molecule has 16 nitrogen and oxygen atoms in total. The van der Waals surface area contributed by atoms with Crippen LogP contribution < -0.4 is 21.3 Å². The maximum absolute atomic E-state index is 12.3. The topological polar surface area (TPSA) is 205 Å². The Labute approximate surface area is 378 Å². The van der Waals surface area contributed by atoms with Gasteiger partial charge in [-0.3, -0.25) is 9.69 Å². The summed E-state index contributed by atoms with van der Waals surface area (Å²) in [6, 6.07) is 20.4. The van der Waals surface area contributed by atoms with Gasteiger partial charge in [0.2, 0.25) is 0 Å². The Morgan fingerprint density at radius 2 is 1.03 bits per heavy atom. The van der Waals surface area contributed by atoms with Crippen molar-refractivity contribution in [3.63, 3.8) is 0 Å². The van der Waals surface area contributed by atoms with Crippen LogP contribution in [0.4, 0.5) is 14.4 Å². The molecule has 0 aromatic heterocycles. The summed E-state index contributed by atoms with van der Waals surface area (Å²) in [5.41, 5.74) is 4.33. The largest absolute Gasteiger partial charge is 0.455 e. The Morgan fingerprint density at radius 1 is 0.667 bits per heavy atom. The summed E-state index contributed by atoms with van der Waals surface area (Å²) in [5, 5.41) is 18.3. The molecule has 340 valence electrons. The third-order valence-electron chi connectivity index (χ3n) is 8.72. The van der Waals surface area contributed by atoms with E-state index < -0.39 is 23.3 Å². The van der Waals surface area contributed by atoms with Crippen molar-refractivity contribution in [1.29, 1.82) is 0 Å². The number of β-amino-alcohol motifs (C(OH)–C–C–N with tert-alkyl or cyclic N) is 1. The first-order valence-electron chi connectivity index (χ1n) is 19.8. The number of nitrogens with zero attached hydrogens (tertiary/aromatic N) is 2. The molecule has 1 atom stereocenters. The summed E-state index contributed by atoms with van der Waals surface area (Å²) in [6.45, 7) is 17.6. The number of alkyl halides is 1. The molecular formula is C45H56Cl2N6O10. The average Bonchev–Trinajstić information content (AvgIpc) is 3.30. The number of carbonyl (C=O) groups excluding carboxylic acids is 6. The second kappa shape index (κ2) is 29.2. The number of hydrogen-bond acceptors (Lipinski definition) is 10. The smallest absolute Gasteiger partial charge is 0.338 e. The SMILES string of the molecule is C=Cc1ccc(C(=O)Cl)cc1.C=Cc1ccc(C(=O)OC2CN(CC)C(=O)N(COC)C2)cc1.C=Cc1ccc(C(=O)OC2CNC(=O)NC2)cc1.CCCl.O=C1NCC(O)CN1. The molecule has 6 amide bonds. The van der Waals surface area contributed by atoms with Crippen LogP contribution in [0.25, 0.3) is 18.2 Å². The Morgan fingerprint density at radius 3 is 1.38 bits per heavy atom. The van der Waals surface area contributed by atoms with Gasteiger partial charge in [-0.1, -0.05) is 81.3 Å². The van der Waals surface area contributed by atoms with Gasteiger partial charge in [-0.2, -0.15) is 0 Å². The predicted octanol–water partition coefficient (Wildman–Crippen LogP) is 6.00. The lowest BCUT2D eigenvalue weighted by Gasteiger charge is -2.38. The van der Waals surface area contributed by atoms with E-state index in [1.54, 1.807) is 83.8 Å². The fraction of sp³-hybridized carbons (Fsp3) is 0.333. The zero-order valence-corrected chi connectivity index (χ0v) is 37.2. The highest BCUT2D eigenvalue weighted by atomic mass is 35.5. The number of esters is 2. The molecule has 18 heteroatoms. The predicted molar refractivity (Wildman–Crippen MR) is 245 cm³/mol. The molecule has 0 aliphatic carbocycles. The minimum absolute atomic E-state index is 0.100. The van der Waals surface area contributed by atoms with Crippen molar-refractivity contribution in [1.82, 2.24) is 31.1 Å². The molecule has 3 aromatic carbocycles. The van der Waals surface area contributed by atoms with Crippen LogP contribution in [0.3, 0.4) is 0 Å². The fourth-order valence-corrected chi connectivity index (χ4v) is 5.52. The molecule has 3 aromatic rings. The first-order valence-corrected chi connectivity index (χ1v) is 20.7. The van der Waals surface area contributed by atoms with Crippen LogP contribution in [0.5, 0.6) is 0 Å². The summed E-state index contributed by atoms with van der Waals surface area (Å²) >= 11 is 10.2. The van der Waals surface area contributed by atoms with E-state index in [0.717, 1.165) is 22.6 Å². The zero-order chi connectivity index (χ0) is 46.7. The molecule has 0 saturated carbocycles. The van der Waals surface area contributed by atoms with Gasteiger partial charge < -0.3 is 45.5 Å². The van der Waals surface area contributed by atoms with Gasteiger partial charge in [-0.05, 0) is 71.6 Å². The normalized spacial score (nSPS) is 15.7. The minimum Gasteiger partial charge on any atom is -0.455 e. The van der Waals surface area contributed by atoms with E-state index in [2.05, 4.69) is 41.0 Å². The van der Waals surface area contributed by atoms with Crippen molar-refractivity contribution >= 4 is 76.7 Å². The number of rotatable bonds is 11. The molecule has 6 rings (SSSR count). The van der Waals surface area contributed by atoms with Crippen molar-refractivity contribution in [2.45, 2.75) is 32.2 Å². The lowest BCUT2D eigenvalue weighted by molar-refractivity contribution is -0.0204. The van der Waals surface area contributed by atoms with E-state index in [4.69, 9.17) is 42.5 Å². The Bertz CT molecular complexity index is 1950. The first kappa shape index (κ1) is 52.9. The number of aliphatic hydroxyl groups is 1. The van der Waals surface area contributed by atoms with Crippen molar-refractivity contribution in [3.05, 3.63) is 126 Å². The van der Waals surface area contributed by atoms with Gasteiger partial charge in [0.05, 0.1) is 43.4 Å². The molecular weight excluding hydrogens is 855 g/mol. The third kappa shape index (κ3) is 19.6. The number of benzene rings is 3. The number of amides is 6. The van der Waals surface area contributed by atoms with Gasteiger partial charge in [-0.15, -0.1) is 11.6 Å². The van der Waals surface area contributed by atoms with Crippen LogP contribution in [0.1, 0.15) is 61.6 Å². The lowest BCUT2D eigenvalue weighted by Crippen LogP contribution is -2.56. The summed E-state index contributed by atoms with van der Waals surface area (Å²) < 4.78 is 15.8. The minimum atomic E-state index is -0.430. The number of carbonyl (C=O) groups is 6. The standard InChI is InChI=1S/C17H22N2O4.C13H14N2O3.C9H7ClO.C4H8N2O2.C2H5Cl/c1-4-13-6-8-14(9-7-13)16(20)23-15-10-18(5-2)17(21)19(11-15)12-22-3;1-2-9-3-5-10(6-4-9)12(16)18-11-7-14-13(17)15-8-11;1-2-7-3-5-8(6-4-7)9(10)11;7-3-1-5-4(8)6-2-3;1-2-3/h4,6-9,15H,1,5,10-12H2,2-3H3;2-6,11H,1,7-8H2,(H2,14,15,17);2-6H,1H2;3,7H,1-2H2,(H2,5,6,8);2H2,1H3. The average molecular weight is 912 g/mol. The van der Waals surface area contributed by atoms with Crippen LogP contribution in [0, 0.1) is 0 Å². The molecule has 63 heavy (non-hydrogen) atoms. The second-order valence-corrected chi connectivity index (χ2v) is 14.2. The zero-order valence-electron chi connectivity index (χ0n) is 35.6. The van der Waals surface area contributed by atoms with Gasteiger partial charge in [0.15, 0.2) is 0 Å². The van der Waals surface area contributed by atoms with E-state index in [1.807, 2.05) is 26.0 Å². The number of halogens is 2. The second-order valence-electron chi connectivity index (χ2n) is 13.4. The van der Waals surface area contributed by atoms with E-state index in [0.29, 0.717) is 62.5 Å². The number of aliphatic hydroxyl groups excluding tert-OH is 1. The molecule has 3 saturated heterocycles. The van der Waals surface area contributed by atoms with Gasteiger partial charge >= 0.3 is 30.0 Å². The van der Waals surface area contributed by atoms with Gasteiger partial charge in [0, 0.05) is 38.2 Å². The molecule has 0 bridgehead atoms. The summed E-state index contributed by atoms with van der Waals surface area (Å²) in [6.07, 6.45) is 3.98. The summed E-state index contributed by atoms with van der Waals surface area (Å²) in [4.78, 5) is 71.1. The van der Waals surface area contributed by atoms with E-state index >= 15 is 0 Å². The van der Waals surface area contributed by atoms with Gasteiger partial charge in [0.25, 0.3) is 5.24 Å². The van der Waals surface area contributed by atoms with Crippen LogP contribution >= 0.6 is 23.2 Å². The number of methoxy groups -OCH3 is 1. The number of urea groups is 3. The Kier molecular flexibility index (Phi) is 24.5. The van der Waals surface area contributed by atoms with E-state index in [9.17, 15) is 28.8 Å². The van der Waals surface area contributed by atoms with E-state index in [-0.39, 0.29) is 37.0 Å². The molecule has 5 N–H and O–H groups in total. The maximum Gasteiger partial charge on any atom is 0.338 e. The van der Waals surface area contributed by atoms with E-state index in [1.165, 1.54) is 12.0 Å². The van der Waals surface area contributed by atoms with Crippen molar-refractivity contribution in [2.75, 3.05) is 65.5 Å². The monoisotopic (exact) mass is 910 g/mol. The van der Waals surface area contributed by atoms with Crippen LogP contribution in [0.15, 0.2) is 92.5 Å². The van der Waals surface area contributed by atoms with Gasteiger partial charge in [0.1, 0.15) is 18.9 Å². The summed E-state index contributed by atoms with van der Waals surface area (Å²) in [5.74, 6) is -0.0676. The molecule has 3 aliphatic heterocycles. The Hall–Kier alpha value is -6.20. The Balaban J connectivity index is 0.000000301. The first-order chi connectivity index (χ1) is 30.2. The van der Waals surface area contributed by atoms with Crippen molar-refractivity contribution < 1.29 is 48.1 Å². The lowest BCUT2D eigenvalue weighted by atomic mass is 10.1. The fourth-order valence-electron chi connectivity index (χ4n) is 5.39. The van der Waals surface area contributed by atoms with Gasteiger partial charge in [-0.25, -0.2) is 24.0 Å². The summed E-state index contributed by atoms with van der Waals surface area (Å²) in [7, 11) is 1.53. The highest BCUT2D eigenvalue weighted by Crippen LogP contribution is 2.15. The number of likely N-dealkylation sites (N-methyl/N-ethyl adjacent to an activating group) is 1. The van der Waals surface area contributed by atoms with Crippen molar-refractivity contribution in [3.8, 4) is 0 Å². The quantitative estimate of drug-likeness (QED) is 0.0863. The van der Waals surface area contributed by atoms with Crippen LogP contribution in [-0.4, -0.2) is 134 Å². The molecule has 3 heterocycles. The number of ether oxygens (including phenoxy) is 3. The molecule has 0 radical (unpaired) electrons. The molecule has 0 spiro atoms. The molecule has 1 unspecified atom stereocenters. The third-order valence-corrected chi connectivity index (χ3v) is 8.94.